The molecule has 0 unspecified atom stereocenters. The molecule has 1 aliphatic rings. The fourth-order valence-electron chi connectivity index (χ4n) is 3.20. The summed E-state index contributed by atoms with van der Waals surface area (Å²) in [6.07, 6.45) is 2.48. The van der Waals surface area contributed by atoms with E-state index in [9.17, 15) is 4.79 Å². The summed E-state index contributed by atoms with van der Waals surface area (Å²) in [7, 11) is 0. The molecule has 2 aromatic rings. The average molecular weight is 343 g/mol. The van der Waals surface area contributed by atoms with Crippen molar-refractivity contribution in [1.82, 2.24) is 30.0 Å². The lowest BCUT2D eigenvalue weighted by Crippen LogP contribution is -2.38. The first-order valence-corrected chi connectivity index (χ1v) is 8.74. The molecule has 8 nitrogen and oxygen atoms in total. The summed E-state index contributed by atoms with van der Waals surface area (Å²) in [6, 6.07) is 1.77. The van der Waals surface area contributed by atoms with Gasteiger partial charge >= 0.3 is 0 Å². The van der Waals surface area contributed by atoms with Crippen LogP contribution in [0.15, 0.2) is 6.07 Å². The van der Waals surface area contributed by atoms with Gasteiger partial charge in [-0.05, 0) is 38.2 Å². The number of likely N-dealkylation sites (tertiary alicyclic amines) is 1. The average Bonchev–Trinajstić information content (AvgIpc) is 2.99. The number of rotatable bonds is 4. The summed E-state index contributed by atoms with van der Waals surface area (Å²) in [5, 5.41) is 7.12. The summed E-state index contributed by atoms with van der Waals surface area (Å²) in [6.45, 7) is 7.44. The number of piperidine rings is 1. The molecule has 0 saturated carbocycles. The van der Waals surface area contributed by atoms with Crippen molar-refractivity contribution in [3.8, 4) is 0 Å². The van der Waals surface area contributed by atoms with Crippen LogP contribution in [0.4, 0.5) is 5.95 Å². The highest BCUT2D eigenvalue weighted by molar-refractivity contribution is 5.92. The number of aryl methyl sites for hydroxylation is 1. The predicted molar refractivity (Wildman–Crippen MR) is 94.0 cm³/mol. The van der Waals surface area contributed by atoms with E-state index in [0.29, 0.717) is 30.6 Å². The number of amides is 1. The summed E-state index contributed by atoms with van der Waals surface area (Å²) < 4.78 is 0. The van der Waals surface area contributed by atoms with Crippen LogP contribution in [0.25, 0.3) is 0 Å². The number of nitrogens with one attached hydrogen (secondary N) is 1. The maximum absolute atomic E-state index is 12.8. The standard InChI is InChI=1S/C17H25N7O/c1-10(2)8-13-9-14(21-17(18)20-13)16(25)24-6-4-12(5-7-24)15-19-11(3)22-23-15/h9-10,12H,4-8H2,1-3H3,(H2,18,20,21)(H,19,22,23). The van der Waals surface area contributed by atoms with Gasteiger partial charge in [-0.2, -0.15) is 5.10 Å². The Morgan fingerprint density at radius 2 is 2.04 bits per heavy atom. The molecule has 3 rings (SSSR count). The van der Waals surface area contributed by atoms with E-state index in [2.05, 4.69) is 39.0 Å². The molecular formula is C17H25N7O. The molecular weight excluding hydrogens is 318 g/mol. The topological polar surface area (TPSA) is 114 Å². The van der Waals surface area contributed by atoms with E-state index in [-0.39, 0.29) is 11.9 Å². The minimum absolute atomic E-state index is 0.0799. The van der Waals surface area contributed by atoms with Gasteiger partial charge in [-0.3, -0.25) is 9.89 Å². The van der Waals surface area contributed by atoms with Crippen LogP contribution in [-0.2, 0) is 6.42 Å². The minimum atomic E-state index is -0.0799. The van der Waals surface area contributed by atoms with Crippen LogP contribution in [0.2, 0.25) is 0 Å². The highest BCUT2D eigenvalue weighted by Gasteiger charge is 2.27. The van der Waals surface area contributed by atoms with Gasteiger partial charge < -0.3 is 10.6 Å². The Morgan fingerprint density at radius 1 is 1.32 bits per heavy atom. The molecule has 1 aliphatic heterocycles. The lowest BCUT2D eigenvalue weighted by atomic mass is 9.96. The molecule has 0 radical (unpaired) electrons. The monoisotopic (exact) mass is 343 g/mol. The van der Waals surface area contributed by atoms with Gasteiger partial charge in [0.2, 0.25) is 5.95 Å². The summed E-state index contributed by atoms with van der Waals surface area (Å²) >= 11 is 0. The molecule has 3 heterocycles. The highest BCUT2D eigenvalue weighted by Crippen LogP contribution is 2.26. The van der Waals surface area contributed by atoms with Crippen LogP contribution in [0.1, 0.15) is 60.4 Å². The molecule has 0 aromatic carbocycles. The van der Waals surface area contributed by atoms with Gasteiger partial charge in [0.05, 0.1) is 0 Å². The number of hydrogen-bond acceptors (Lipinski definition) is 6. The Bertz CT molecular complexity index is 747. The van der Waals surface area contributed by atoms with E-state index >= 15 is 0 Å². The van der Waals surface area contributed by atoms with Gasteiger partial charge in [-0.25, -0.2) is 15.0 Å². The first-order valence-electron chi connectivity index (χ1n) is 8.74. The maximum Gasteiger partial charge on any atom is 0.272 e. The van der Waals surface area contributed by atoms with Crippen molar-refractivity contribution in [2.45, 2.75) is 46.0 Å². The van der Waals surface area contributed by atoms with Crippen molar-refractivity contribution >= 4 is 11.9 Å². The van der Waals surface area contributed by atoms with Crippen molar-refractivity contribution < 1.29 is 4.79 Å². The smallest absolute Gasteiger partial charge is 0.272 e. The number of carbonyl (C=O) groups excluding carboxylic acids is 1. The van der Waals surface area contributed by atoms with Gasteiger partial charge in [-0.1, -0.05) is 13.8 Å². The third-order valence-electron chi connectivity index (χ3n) is 4.39. The van der Waals surface area contributed by atoms with Crippen LogP contribution in [-0.4, -0.2) is 49.0 Å². The number of carbonyl (C=O) groups is 1. The number of nitrogens with two attached hydrogens (primary N) is 1. The molecule has 0 spiro atoms. The second-order valence-electron chi connectivity index (χ2n) is 7.05. The number of nitrogens with zero attached hydrogens (tertiary/aromatic N) is 5. The zero-order valence-corrected chi connectivity index (χ0v) is 15.0. The van der Waals surface area contributed by atoms with E-state index < -0.39 is 0 Å². The fourth-order valence-corrected chi connectivity index (χ4v) is 3.20. The largest absolute Gasteiger partial charge is 0.368 e. The molecule has 1 fully saturated rings. The lowest BCUT2D eigenvalue weighted by molar-refractivity contribution is 0.0705. The molecule has 1 saturated heterocycles. The van der Waals surface area contributed by atoms with Crippen molar-refractivity contribution in [3.63, 3.8) is 0 Å². The van der Waals surface area contributed by atoms with E-state index in [1.165, 1.54) is 0 Å². The van der Waals surface area contributed by atoms with E-state index in [4.69, 9.17) is 5.73 Å². The number of nitrogen functional groups attached to an aromatic ring is 1. The number of aromatic nitrogens is 5. The lowest BCUT2D eigenvalue weighted by Gasteiger charge is -2.30. The Hall–Kier alpha value is -2.51. The molecule has 0 bridgehead atoms. The molecule has 3 N–H and O–H groups in total. The van der Waals surface area contributed by atoms with Crippen LogP contribution in [0, 0.1) is 12.8 Å². The Balaban J connectivity index is 1.67. The van der Waals surface area contributed by atoms with E-state index in [0.717, 1.165) is 36.6 Å². The van der Waals surface area contributed by atoms with E-state index in [1.54, 1.807) is 6.07 Å². The third kappa shape index (κ3) is 4.12. The highest BCUT2D eigenvalue weighted by atomic mass is 16.2. The normalized spacial score (nSPS) is 15.8. The Morgan fingerprint density at radius 3 is 2.64 bits per heavy atom. The van der Waals surface area contributed by atoms with Gasteiger partial charge in [0.1, 0.15) is 11.5 Å². The minimum Gasteiger partial charge on any atom is -0.368 e. The summed E-state index contributed by atoms with van der Waals surface area (Å²) in [5.41, 5.74) is 6.99. The van der Waals surface area contributed by atoms with E-state index in [1.807, 2.05) is 11.8 Å². The summed E-state index contributed by atoms with van der Waals surface area (Å²) in [4.78, 5) is 27.4. The van der Waals surface area contributed by atoms with Crippen LogP contribution in [0.3, 0.4) is 0 Å². The van der Waals surface area contributed by atoms with Crippen molar-refractivity contribution in [3.05, 3.63) is 29.1 Å². The molecule has 1 amide bonds. The summed E-state index contributed by atoms with van der Waals surface area (Å²) in [5.74, 6) is 2.48. The SMILES string of the molecule is Cc1nc(C2CCN(C(=O)c3cc(CC(C)C)nc(N)n3)CC2)n[nH]1. The number of H-pyrrole nitrogens is 1. The molecule has 0 aliphatic carbocycles. The van der Waals surface area contributed by atoms with Gasteiger partial charge in [0, 0.05) is 24.7 Å². The Labute approximate surface area is 147 Å². The third-order valence-corrected chi connectivity index (χ3v) is 4.39. The maximum atomic E-state index is 12.8. The van der Waals surface area contributed by atoms with Gasteiger partial charge in [0.25, 0.3) is 5.91 Å². The molecule has 0 atom stereocenters. The molecule has 2 aromatic heterocycles. The quantitative estimate of drug-likeness (QED) is 0.873. The Kier molecular flexibility index (Phi) is 4.96. The van der Waals surface area contributed by atoms with Crippen LogP contribution in [0.5, 0.6) is 0 Å². The van der Waals surface area contributed by atoms with Gasteiger partial charge in [-0.15, -0.1) is 0 Å². The fraction of sp³-hybridized carbons (Fsp3) is 0.588. The van der Waals surface area contributed by atoms with Crippen molar-refractivity contribution in [2.24, 2.45) is 5.92 Å². The second kappa shape index (κ2) is 7.16. The first kappa shape index (κ1) is 17.3. The molecule has 134 valence electrons. The zero-order valence-electron chi connectivity index (χ0n) is 15.0. The number of hydrogen-bond donors (Lipinski definition) is 2. The van der Waals surface area contributed by atoms with Crippen LogP contribution < -0.4 is 5.73 Å². The first-order chi connectivity index (χ1) is 11.9. The second-order valence-corrected chi connectivity index (χ2v) is 7.05. The zero-order chi connectivity index (χ0) is 18.0. The molecule has 8 heteroatoms. The van der Waals surface area contributed by atoms with Gasteiger partial charge in [0.15, 0.2) is 5.82 Å². The van der Waals surface area contributed by atoms with Crippen molar-refractivity contribution in [2.75, 3.05) is 18.8 Å². The molecule has 25 heavy (non-hydrogen) atoms. The van der Waals surface area contributed by atoms with Crippen molar-refractivity contribution in [1.29, 1.82) is 0 Å². The van der Waals surface area contributed by atoms with Crippen LogP contribution >= 0.6 is 0 Å². The number of anilines is 1. The predicted octanol–water partition coefficient (Wildman–Crippen LogP) is 1.70. The number of aromatic amines is 1.